The van der Waals surface area contributed by atoms with E-state index >= 15 is 0 Å². The summed E-state index contributed by atoms with van der Waals surface area (Å²) >= 11 is 0. The predicted molar refractivity (Wildman–Crippen MR) is 252 cm³/mol. The van der Waals surface area contributed by atoms with Gasteiger partial charge in [0, 0.05) is 21.9 Å². The normalized spacial score (nSPS) is 13.0. The Labute approximate surface area is 359 Å². The largest absolute Gasteiger partial charge is 0.278 e. The Kier molecular flexibility index (Phi) is 7.49. The lowest BCUT2D eigenvalue weighted by molar-refractivity contribution is 0.794. The molecule has 4 heteroatoms. The molecule has 0 radical (unpaired) electrons. The van der Waals surface area contributed by atoms with Crippen molar-refractivity contribution >= 4 is 21.8 Å². The van der Waals surface area contributed by atoms with Gasteiger partial charge in [0.25, 0.3) is 0 Å². The van der Waals surface area contributed by atoms with Gasteiger partial charge in [0.1, 0.15) is 0 Å². The van der Waals surface area contributed by atoms with Crippen LogP contribution in [0.1, 0.15) is 22.3 Å². The average molecular weight is 789 g/mol. The highest BCUT2D eigenvalue weighted by atomic mass is 15.2. The lowest BCUT2D eigenvalue weighted by Gasteiger charge is -2.30. The summed E-state index contributed by atoms with van der Waals surface area (Å²) < 4.78 is 2.20. The van der Waals surface area contributed by atoms with Crippen LogP contribution < -0.4 is 0 Å². The Morgan fingerprint density at radius 2 is 0.726 bits per heavy atom. The fraction of sp³-hybridized carbons (Fsp3) is 0.0172. The number of rotatable bonds is 5. The van der Waals surface area contributed by atoms with Crippen molar-refractivity contribution in [3.63, 3.8) is 0 Å². The Bertz CT molecular complexity index is 3520. The molecule has 2 heterocycles. The van der Waals surface area contributed by atoms with Crippen LogP contribution in [-0.4, -0.2) is 19.5 Å². The zero-order valence-electron chi connectivity index (χ0n) is 33.6. The lowest BCUT2D eigenvalue weighted by atomic mass is 9.70. The number of benzene rings is 9. The Morgan fingerprint density at radius 1 is 0.290 bits per heavy atom. The minimum atomic E-state index is -0.360. The molecule has 0 amide bonds. The fourth-order valence-corrected chi connectivity index (χ4v) is 10.4. The van der Waals surface area contributed by atoms with Crippen LogP contribution in [0.3, 0.4) is 0 Å². The van der Waals surface area contributed by atoms with Crippen LogP contribution in [0.15, 0.2) is 218 Å². The van der Waals surface area contributed by atoms with E-state index in [4.69, 9.17) is 15.0 Å². The minimum absolute atomic E-state index is 0.360. The van der Waals surface area contributed by atoms with E-state index in [1.807, 2.05) is 24.3 Å². The van der Waals surface area contributed by atoms with Gasteiger partial charge in [-0.25, -0.2) is 4.98 Å². The first-order chi connectivity index (χ1) is 30.7. The molecule has 0 bridgehead atoms. The quantitative estimate of drug-likeness (QED) is 0.174. The first-order valence-corrected chi connectivity index (χ1v) is 21.2. The molecule has 288 valence electrons. The average Bonchev–Trinajstić information content (AvgIpc) is 3.96. The summed E-state index contributed by atoms with van der Waals surface area (Å²) in [6.07, 6.45) is 0. The van der Waals surface area contributed by atoms with Gasteiger partial charge in [-0.05, 0) is 91.0 Å². The Hall–Kier alpha value is -8.21. The van der Waals surface area contributed by atoms with Crippen LogP contribution in [0.4, 0.5) is 0 Å². The molecule has 0 N–H and O–H groups in total. The molecule has 0 saturated carbocycles. The molecular weight excluding hydrogens is 753 g/mol. The molecule has 0 atom stereocenters. The molecule has 4 nitrogen and oxygen atoms in total. The number of hydrogen-bond donors (Lipinski definition) is 0. The number of hydrogen-bond acceptors (Lipinski definition) is 3. The SMILES string of the molecule is c1ccc(-c2ccc(-c3nc(-c4ccccc4)nc(-n4c5ccccc5c5cc(-c6ccc7c(c6)-c6ccccc6C76c7ccccc7-c7ccccc76)ccc54)n3)cc2)cc1. The van der Waals surface area contributed by atoms with Crippen molar-refractivity contribution in [2.45, 2.75) is 5.41 Å². The molecule has 9 aromatic carbocycles. The van der Waals surface area contributed by atoms with Crippen molar-refractivity contribution in [1.82, 2.24) is 19.5 Å². The number of aromatic nitrogens is 4. The van der Waals surface area contributed by atoms with Crippen molar-refractivity contribution in [3.8, 4) is 73.2 Å². The fourth-order valence-electron chi connectivity index (χ4n) is 10.4. The van der Waals surface area contributed by atoms with Gasteiger partial charge in [0.2, 0.25) is 5.95 Å². The van der Waals surface area contributed by atoms with Crippen LogP contribution in [0, 0.1) is 0 Å². The summed E-state index contributed by atoms with van der Waals surface area (Å²) in [5.74, 6) is 1.83. The van der Waals surface area contributed by atoms with Gasteiger partial charge < -0.3 is 0 Å². The monoisotopic (exact) mass is 788 g/mol. The number of fused-ring (bicyclic) bond motifs is 13. The predicted octanol–water partition coefficient (Wildman–Crippen LogP) is 14.0. The van der Waals surface area contributed by atoms with Crippen LogP contribution in [-0.2, 0) is 5.41 Å². The van der Waals surface area contributed by atoms with Gasteiger partial charge in [0.05, 0.1) is 16.4 Å². The summed E-state index contributed by atoms with van der Waals surface area (Å²) in [5, 5.41) is 2.29. The first kappa shape index (κ1) is 34.6. The third-order valence-corrected chi connectivity index (χ3v) is 13.1. The molecule has 1 spiro atoms. The zero-order valence-corrected chi connectivity index (χ0v) is 33.6. The second-order valence-corrected chi connectivity index (χ2v) is 16.3. The summed E-state index contributed by atoms with van der Waals surface area (Å²) in [7, 11) is 0. The molecule has 0 fully saturated rings. The molecule has 0 unspecified atom stereocenters. The van der Waals surface area contributed by atoms with E-state index < -0.39 is 0 Å². The maximum atomic E-state index is 5.22. The van der Waals surface area contributed by atoms with Crippen molar-refractivity contribution in [2.75, 3.05) is 0 Å². The van der Waals surface area contributed by atoms with E-state index in [-0.39, 0.29) is 5.41 Å². The van der Waals surface area contributed by atoms with Crippen molar-refractivity contribution in [2.24, 2.45) is 0 Å². The zero-order chi connectivity index (χ0) is 40.8. The summed E-state index contributed by atoms with van der Waals surface area (Å²) in [5.41, 5.74) is 18.9. The molecule has 2 aliphatic rings. The van der Waals surface area contributed by atoms with Gasteiger partial charge >= 0.3 is 0 Å². The Morgan fingerprint density at radius 3 is 1.39 bits per heavy atom. The van der Waals surface area contributed by atoms with E-state index in [9.17, 15) is 0 Å². The highest BCUT2D eigenvalue weighted by Crippen LogP contribution is 2.63. The van der Waals surface area contributed by atoms with Gasteiger partial charge in [0.15, 0.2) is 11.6 Å². The third kappa shape index (κ3) is 4.98. The first-order valence-electron chi connectivity index (χ1n) is 21.2. The van der Waals surface area contributed by atoms with E-state index in [1.165, 1.54) is 55.6 Å². The van der Waals surface area contributed by atoms with Gasteiger partial charge in [-0.3, -0.25) is 4.57 Å². The van der Waals surface area contributed by atoms with E-state index in [2.05, 4.69) is 199 Å². The minimum Gasteiger partial charge on any atom is -0.278 e. The van der Waals surface area contributed by atoms with Crippen LogP contribution in [0.5, 0.6) is 0 Å². The topological polar surface area (TPSA) is 43.6 Å². The standard InChI is InChI=1S/C58H36N4/c1-3-15-37(16-4-1)38-27-29-40(30-28-38)56-59-55(39-17-5-2-6-18-39)60-57(61-56)62-53-26-14-10-22-46(53)48-36-42(32-34-54(48)62)41-31-33-52-47(35-41)45-21-9-13-25-51(45)58(52)49-23-11-7-19-43(49)44-20-8-12-24-50(44)58/h1-36H. The van der Waals surface area contributed by atoms with E-state index in [0.717, 1.165) is 44.1 Å². The second-order valence-electron chi connectivity index (χ2n) is 16.3. The third-order valence-electron chi connectivity index (χ3n) is 13.1. The van der Waals surface area contributed by atoms with Crippen LogP contribution in [0.2, 0.25) is 0 Å². The molecule has 11 aromatic rings. The van der Waals surface area contributed by atoms with Gasteiger partial charge in [-0.15, -0.1) is 0 Å². The number of nitrogens with zero attached hydrogens (tertiary/aromatic N) is 4. The molecule has 2 aliphatic carbocycles. The number of para-hydroxylation sites is 1. The Balaban J connectivity index is 0.969. The summed E-state index contributed by atoms with van der Waals surface area (Å²) in [6, 6.07) is 78.6. The molecule has 2 aromatic heterocycles. The van der Waals surface area contributed by atoms with Crippen molar-refractivity contribution in [1.29, 1.82) is 0 Å². The van der Waals surface area contributed by atoms with Crippen molar-refractivity contribution < 1.29 is 0 Å². The van der Waals surface area contributed by atoms with Crippen LogP contribution in [0.25, 0.3) is 95.0 Å². The summed E-state index contributed by atoms with van der Waals surface area (Å²) in [4.78, 5) is 15.5. The van der Waals surface area contributed by atoms with Crippen molar-refractivity contribution in [3.05, 3.63) is 241 Å². The second kappa shape index (κ2) is 13.4. The maximum Gasteiger partial charge on any atom is 0.238 e. The highest BCUT2D eigenvalue weighted by Gasteiger charge is 2.51. The highest BCUT2D eigenvalue weighted by molar-refractivity contribution is 6.10. The molecule has 13 rings (SSSR count). The summed E-state index contributed by atoms with van der Waals surface area (Å²) in [6.45, 7) is 0. The molecule has 62 heavy (non-hydrogen) atoms. The van der Waals surface area contributed by atoms with E-state index in [1.54, 1.807) is 0 Å². The van der Waals surface area contributed by atoms with Gasteiger partial charge in [-0.1, -0.05) is 194 Å². The molecule has 0 saturated heterocycles. The van der Waals surface area contributed by atoms with E-state index in [0.29, 0.717) is 17.6 Å². The lowest BCUT2D eigenvalue weighted by Crippen LogP contribution is -2.25. The van der Waals surface area contributed by atoms with Gasteiger partial charge in [-0.2, -0.15) is 9.97 Å². The molecule has 0 aliphatic heterocycles. The van der Waals surface area contributed by atoms with Crippen LogP contribution >= 0.6 is 0 Å². The molecular formula is C58H36N4. The maximum absolute atomic E-state index is 5.22. The smallest absolute Gasteiger partial charge is 0.238 e.